The molecule has 1 aliphatic rings. The highest BCUT2D eigenvalue weighted by molar-refractivity contribution is 9.10. The first-order valence-corrected chi connectivity index (χ1v) is 9.13. The summed E-state index contributed by atoms with van der Waals surface area (Å²) < 4.78 is 0.918. The van der Waals surface area contributed by atoms with Gasteiger partial charge in [-0.15, -0.1) is 24.2 Å². The standard InChI is InChI=1S/C15H20BrN3O2S.ClH/c1-11-8-19(6-5-17-11)15(21)10-22-9-14(20)18-13-4-2-3-12(16)7-13;/h2-4,7,11,17H,5-6,8-10H2,1H3,(H,18,20);1H/t11-;/m1./s1. The van der Waals surface area contributed by atoms with Gasteiger partial charge in [0.2, 0.25) is 11.8 Å². The van der Waals surface area contributed by atoms with Gasteiger partial charge in [0.15, 0.2) is 0 Å². The number of anilines is 1. The fourth-order valence-electron chi connectivity index (χ4n) is 2.24. The fourth-order valence-corrected chi connectivity index (χ4v) is 3.36. The monoisotopic (exact) mass is 421 g/mol. The van der Waals surface area contributed by atoms with Crippen LogP contribution in [0.25, 0.3) is 0 Å². The number of nitrogens with zero attached hydrogens (tertiary/aromatic N) is 1. The third kappa shape index (κ3) is 7.12. The number of nitrogens with one attached hydrogen (secondary N) is 2. The van der Waals surface area contributed by atoms with Crippen molar-refractivity contribution >= 4 is 57.6 Å². The van der Waals surface area contributed by atoms with E-state index >= 15 is 0 Å². The summed E-state index contributed by atoms with van der Waals surface area (Å²) >= 11 is 4.71. The van der Waals surface area contributed by atoms with Gasteiger partial charge in [-0.1, -0.05) is 22.0 Å². The largest absolute Gasteiger partial charge is 0.339 e. The number of rotatable bonds is 5. The molecule has 0 saturated carbocycles. The average Bonchev–Trinajstić information content (AvgIpc) is 2.47. The van der Waals surface area contributed by atoms with E-state index in [-0.39, 0.29) is 30.0 Å². The zero-order chi connectivity index (χ0) is 15.9. The van der Waals surface area contributed by atoms with Crippen molar-refractivity contribution in [2.24, 2.45) is 0 Å². The van der Waals surface area contributed by atoms with Crippen molar-refractivity contribution in [2.45, 2.75) is 13.0 Å². The van der Waals surface area contributed by atoms with E-state index in [1.807, 2.05) is 29.2 Å². The van der Waals surface area contributed by atoms with Crippen molar-refractivity contribution < 1.29 is 9.59 Å². The first-order valence-electron chi connectivity index (χ1n) is 7.19. The molecule has 0 bridgehead atoms. The minimum absolute atomic E-state index is 0. The van der Waals surface area contributed by atoms with Crippen LogP contribution >= 0.6 is 40.1 Å². The molecule has 0 spiro atoms. The van der Waals surface area contributed by atoms with Crippen LogP contribution < -0.4 is 10.6 Å². The number of carbonyl (C=O) groups is 2. The predicted octanol–water partition coefficient (Wildman–Crippen LogP) is 2.36. The maximum atomic E-state index is 12.1. The molecule has 0 unspecified atom stereocenters. The van der Waals surface area contributed by atoms with Crippen molar-refractivity contribution in [1.82, 2.24) is 10.2 Å². The van der Waals surface area contributed by atoms with Crippen LogP contribution in [0.2, 0.25) is 0 Å². The van der Waals surface area contributed by atoms with Crippen LogP contribution in [0.15, 0.2) is 28.7 Å². The Morgan fingerprint density at radius 3 is 2.91 bits per heavy atom. The highest BCUT2D eigenvalue weighted by Crippen LogP contribution is 2.16. The third-order valence-electron chi connectivity index (χ3n) is 3.29. The van der Waals surface area contributed by atoms with Crippen molar-refractivity contribution in [3.8, 4) is 0 Å². The highest BCUT2D eigenvalue weighted by atomic mass is 79.9. The number of hydrogen-bond donors (Lipinski definition) is 2. The van der Waals surface area contributed by atoms with Crippen molar-refractivity contribution in [3.63, 3.8) is 0 Å². The Morgan fingerprint density at radius 2 is 2.22 bits per heavy atom. The molecule has 2 amide bonds. The Bertz CT molecular complexity index is 547. The SMILES string of the molecule is C[C@@H]1CN(C(=O)CSCC(=O)Nc2cccc(Br)c2)CCN1.Cl. The van der Waals surface area contributed by atoms with Gasteiger partial charge in [-0.2, -0.15) is 0 Å². The fraction of sp³-hybridized carbons (Fsp3) is 0.467. The van der Waals surface area contributed by atoms with Crippen molar-refractivity contribution in [1.29, 1.82) is 0 Å². The lowest BCUT2D eigenvalue weighted by atomic mass is 10.2. The number of amides is 2. The average molecular weight is 423 g/mol. The summed E-state index contributed by atoms with van der Waals surface area (Å²) in [5.41, 5.74) is 0.752. The Hall–Kier alpha value is -0.760. The predicted molar refractivity (Wildman–Crippen MR) is 101 cm³/mol. The lowest BCUT2D eigenvalue weighted by Gasteiger charge is -2.31. The van der Waals surface area contributed by atoms with E-state index in [0.29, 0.717) is 11.8 Å². The summed E-state index contributed by atoms with van der Waals surface area (Å²) in [6, 6.07) is 7.78. The molecule has 1 saturated heterocycles. The van der Waals surface area contributed by atoms with Gasteiger partial charge in [-0.3, -0.25) is 9.59 Å². The molecule has 2 rings (SSSR count). The molecule has 1 aromatic rings. The number of halogens is 2. The van der Waals surface area contributed by atoms with Gasteiger partial charge >= 0.3 is 0 Å². The smallest absolute Gasteiger partial charge is 0.234 e. The molecule has 1 aliphatic heterocycles. The molecule has 8 heteroatoms. The van der Waals surface area contributed by atoms with Gasteiger partial charge in [0.05, 0.1) is 11.5 Å². The van der Waals surface area contributed by atoms with Crippen LogP contribution in [-0.4, -0.2) is 53.9 Å². The summed E-state index contributed by atoms with van der Waals surface area (Å²) in [5, 5.41) is 6.12. The molecule has 1 atom stereocenters. The molecular formula is C15H21BrClN3O2S. The number of benzene rings is 1. The van der Waals surface area contributed by atoms with Gasteiger partial charge in [-0.05, 0) is 25.1 Å². The van der Waals surface area contributed by atoms with Crippen LogP contribution in [0.1, 0.15) is 6.92 Å². The Morgan fingerprint density at radius 1 is 1.43 bits per heavy atom. The molecule has 1 heterocycles. The molecular weight excluding hydrogens is 402 g/mol. The van der Waals surface area contributed by atoms with Gasteiger partial charge in [0, 0.05) is 35.8 Å². The molecule has 0 aromatic heterocycles. The van der Waals surface area contributed by atoms with Gasteiger partial charge in [0.25, 0.3) is 0 Å². The van der Waals surface area contributed by atoms with E-state index in [1.165, 1.54) is 11.8 Å². The number of thioether (sulfide) groups is 1. The van der Waals surface area contributed by atoms with Gasteiger partial charge in [-0.25, -0.2) is 0 Å². The highest BCUT2D eigenvalue weighted by Gasteiger charge is 2.20. The molecule has 1 fully saturated rings. The minimum atomic E-state index is -0.0930. The summed E-state index contributed by atoms with van der Waals surface area (Å²) in [7, 11) is 0. The van der Waals surface area contributed by atoms with Crippen molar-refractivity contribution in [3.05, 3.63) is 28.7 Å². The molecule has 0 radical (unpaired) electrons. The van der Waals surface area contributed by atoms with Crippen LogP contribution in [0.5, 0.6) is 0 Å². The topological polar surface area (TPSA) is 61.4 Å². The molecule has 23 heavy (non-hydrogen) atoms. The quantitative estimate of drug-likeness (QED) is 0.765. The Kier molecular flexibility index (Phi) is 8.98. The molecule has 5 nitrogen and oxygen atoms in total. The summed E-state index contributed by atoms with van der Waals surface area (Å²) in [6.07, 6.45) is 0. The molecule has 1 aromatic carbocycles. The van der Waals surface area contributed by atoms with E-state index in [0.717, 1.165) is 29.8 Å². The van der Waals surface area contributed by atoms with Crippen LogP contribution in [0.4, 0.5) is 5.69 Å². The Labute approximate surface area is 155 Å². The minimum Gasteiger partial charge on any atom is -0.339 e. The third-order valence-corrected chi connectivity index (χ3v) is 4.70. The van der Waals surface area contributed by atoms with Crippen LogP contribution in [0, 0.1) is 0 Å². The molecule has 2 N–H and O–H groups in total. The van der Waals surface area contributed by atoms with Crippen LogP contribution in [0.3, 0.4) is 0 Å². The van der Waals surface area contributed by atoms with Gasteiger partial charge in [0.1, 0.15) is 0 Å². The lowest BCUT2D eigenvalue weighted by molar-refractivity contribution is -0.129. The second-order valence-electron chi connectivity index (χ2n) is 5.25. The summed E-state index contributed by atoms with van der Waals surface area (Å²) in [6.45, 7) is 4.39. The first-order chi connectivity index (χ1) is 10.5. The number of carbonyl (C=O) groups excluding carboxylic acids is 2. The zero-order valence-electron chi connectivity index (χ0n) is 12.9. The second-order valence-corrected chi connectivity index (χ2v) is 7.15. The van der Waals surface area contributed by atoms with E-state index < -0.39 is 0 Å². The molecule has 0 aliphatic carbocycles. The maximum absolute atomic E-state index is 12.1. The summed E-state index contributed by atoms with van der Waals surface area (Å²) in [4.78, 5) is 25.8. The van der Waals surface area contributed by atoms with E-state index in [9.17, 15) is 9.59 Å². The van der Waals surface area contributed by atoms with E-state index in [2.05, 4.69) is 33.5 Å². The van der Waals surface area contributed by atoms with Crippen molar-refractivity contribution in [2.75, 3.05) is 36.5 Å². The van der Waals surface area contributed by atoms with Crippen LogP contribution in [-0.2, 0) is 9.59 Å². The number of piperazine rings is 1. The van der Waals surface area contributed by atoms with Gasteiger partial charge < -0.3 is 15.5 Å². The zero-order valence-corrected chi connectivity index (χ0v) is 16.1. The first kappa shape index (κ1) is 20.3. The second kappa shape index (κ2) is 10.2. The van der Waals surface area contributed by atoms with E-state index in [4.69, 9.17) is 0 Å². The van der Waals surface area contributed by atoms with E-state index in [1.54, 1.807) is 0 Å². The summed E-state index contributed by atoms with van der Waals surface area (Å²) in [5.74, 6) is 0.636. The normalized spacial score (nSPS) is 17.3. The molecule has 128 valence electrons. The Balaban J connectivity index is 0.00000264. The lowest BCUT2D eigenvalue weighted by Crippen LogP contribution is -2.51. The maximum Gasteiger partial charge on any atom is 0.234 e. The number of hydrogen-bond acceptors (Lipinski definition) is 4.